The second kappa shape index (κ2) is 9.09. The largest absolute Gasteiger partial charge is 0.381 e. The summed E-state index contributed by atoms with van der Waals surface area (Å²) in [7, 11) is -3.50. The van der Waals surface area contributed by atoms with Crippen molar-refractivity contribution in [2.45, 2.75) is 36.2 Å². The molecule has 3 fully saturated rings. The first kappa shape index (κ1) is 20.7. The number of sulfonamides is 1. The number of hydrogen-bond acceptors (Lipinski definition) is 6. The van der Waals surface area contributed by atoms with Crippen LogP contribution in [0.2, 0.25) is 0 Å². The van der Waals surface area contributed by atoms with E-state index >= 15 is 0 Å². The van der Waals surface area contributed by atoms with E-state index in [0.717, 1.165) is 45.6 Å². The Bertz CT molecular complexity index is 798. The van der Waals surface area contributed by atoms with Crippen molar-refractivity contribution in [1.29, 1.82) is 0 Å². The van der Waals surface area contributed by atoms with Crippen LogP contribution in [-0.4, -0.2) is 77.4 Å². The molecule has 2 atom stereocenters. The number of morpholine rings is 1. The minimum atomic E-state index is -3.50. The van der Waals surface area contributed by atoms with Gasteiger partial charge in [-0.1, -0.05) is 0 Å². The van der Waals surface area contributed by atoms with Crippen LogP contribution in [0.3, 0.4) is 0 Å². The summed E-state index contributed by atoms with van der Waals surface area (Å²) in [5.74, 6) is 0.204. The summed E-state index contributed by atoms with van der Waals surface area (Å²) in [5.41, 5.74) is 0.457. The standard InChI is InChI=1S/C20H29N3O5S/c24-20(15-1-5-18(6-2-15)29(25,26)22-17-3-4-17)21-13-19(16-7-10-28-14-16)23-8-11-27-12-9-23/h1-2,5-6,16-17,19,22H,3-4,7-14H2,(H,21,24). The highest BCUT2D eigenvalue weighted by atomic mass is 32.2. The van der Waals surface area contributed by atoms with E-state index in [9.17, 15) is 13.2 Å². The van der Waals surface area contributed by atoms with Crippen molar-refractivity contribution in [3.63, 3.8) is 0 Å². The van der Waals surface area contributed by atoms with Crippen LogP contribution in [0.15, 0.2) is 29.2 Å². The SMILES string of the molecule is O=C(NCC(C1CCOC1)N1CCOCC1)c1ccc(S(=O)(=O)NC2CC2)cc1. The number of rotatable bonds is 8. The lowest BCUT2D eigenvalue weighted by Crippen LogP contribution is -2.52. The van der Waals surface area contributed by atoms with Crippen LogP contribution in [-0.2, 0) is 19.5 Å². The fourth-order valence-electron chi connectivity index (χ4n) is 3.93. The number of benzene rings is 1. The summed E-state index contributed by atoms with van der Waals surface area (Å²) in [6, 6.07) is 6.39. The van der Waals surface area contributed by atoms with Gasteiger partial charge < -0.3 is 14.8 Å². The number of carbonyl (C=O) groups excluding carboxylic acids is 1. The minimum Gasteiger partial charge on any atom is -0.381 e. The molecule has 9 heteroatoms. The van der Waals surface area contributed by atoms with Gasteiger partial charge in [0.15, 0.2) is 0 Å². The minimum absolute atomic E-state index is 0.0552. The first-order valence-electron chi connectivity index (χ1n) is 10.3. The molecule has 0 spiro atoms. The van der Waals surface area contributed by atoms with Crippen molar-refractivity contribution >= 4 is 15.9 Å². The Morgan fingerprint density at radius 3 is 2.41 bits per heavy atom. The second-order valence-electron chi connectivity index (χ2n) is 7.97. The van der Waals surface area contributed by atoms with Gasteiger partial charge in [0.1, 0.15) is 0 Å². The highest BCUT2D eigenvalue weighted by Crippen LogP contribution is 2.23. The third-order valence-electron chi connectivity index (χ3n) is 5.82. The van der Waals surface area contributed by atoms with Gasteiger partial charge in [0.2, 0.25) is 10.0 Å². The molecule has 2 aliphatic heterocycles. The van der Waals surface area contributed by atoms with Crippen molar-refractivity contribution < 1.29 is 22.7 Å². The van der Waals surface area contributed by atoms with Gasteiger partial charge in [-0.05, 0) is 43.5 Å². The summed E-state index contributed by atoms with van der Waals surface area (Å²) in [6.45, 7) is 5.17. The molecule has 2 saturated heterocycles. The topological polar surface area (TPSA) is 97.0 Å². The summed E-state index contributed by atoms with van der Waals surface area (Å²) >= 11 is 0. The monoisotopic (exact) mass is 423 g/mol. The van der Waals surface area contributed by atoms with Gasteiger partial charge in [-0.3, -0.25) is 9.69 Å². The number of hydrogen-bond donors (Lipinski definition) is 2. The molecule has 1 aromatic carbocycles. The van der Waals surface area contributed by atoms with Crippen LogP contribution in [0.5, 0.6) is 0 Å². The lowest BCUT2D eigenvalue weighted by Gasteiger charge is -2.37. The molecule has 0 aromatic heterocycles. The van der Waals surface area contributed by atoms with E-state index in [1.807, 2.05) is 0 Å². The van der Waals surface area contributed by atoms with Crippen LogP contribution in [0.4, 0.5) is 0 Å². The molecule has 29 heavy (non-hydrogen) atoms. The molecular weight excluding hydrogens is 394 g/mol. The van der Waals surface area contributed by atoms with E-state index in [1.165, 1.54) is 12.1 Å². The summed E-state index contributed by atoms with van der Waals surface area (Å²) in [5, 5.41) is 3.03. The van der Waals surface area contributed by atoms with E-state index in [-0.39, 0.29) is 22.9 Å². The predicted molar refractivity (Wildman–Crippen MR) is 107 cm³/mol. The molecule has 4 rings (SSSR count). The van der Waals surface area contributed by atoms with Gasteiger partial charge in [-0.2, -0.15) is 0 Å². The molecule has 2 heterocycles. The highest BCUT2D eigenvalue weighted by molar-refractivity contribution is 7.89. The number of nitrogens with one attached hydrogen (secondary N) is 2. The van der Waals surface area contributed by atoms with Crippen molar-refractivity contribution in [2.24, 2.45) is 5.92 Å². The van der Waals surface area contributed by atoms with E-state index < -0.39 is 10.0 Å². The molecule has 0 radical (unpaired) electrons. The Balaban J connectivity index is 1.37. The van der Waals surface area contributed by atoms with Crippen molar-refractivity contribution in [3.05, 3.63) is 29.8 Å². The number of carbonyl (C=O) groups is 1. The van der Waals surface area contributed by atoms with Gasteiger partial charge in [-0.15, -0.1) is 0 Å². The maximum absolute atomic E-state index is 12.6. The van der Waals surface area contributed by atoms with Crippen LogP contribution in [0.25, 0.3) is 0 Å². The Hall–Kier alpha value is -1.52. The first-order valence-corrected chi connectivity index (χ1v) is 11.8. The quantitative estimate of drug-likeness (QED) is 0.635. The lowest BCUT2D eigenvalue weighted by atomic mass is 9.96. The van der Waals surface area contributed by atoms with Crippen molar-refractivity contribution in [2.75, 3.05) is 46.1 Å². The molecule has 1 saturated carbocycles. The Kier molecular flexibility index (Phi) is 6.50. The zero-order valence-corrected chi connectivity index (χ0v) is 17.3. The summed E-state index contributed by atoms with van der Waals surface area (Å²) < 4.78 is 38.2. The molecular formula is C20H29N3O5S. The fraction of sp³-hybridized carbons (Fsp3) is 0.650. The van der Waals surface area contributed by atoms with E-state index in [4.69, 9.17) is 9.47 Å². The molecule has 160 valence electrons. The predicted octanol–water partition coefficient (Wildman–Crippen LogP) is 0.594. The van der Waals surface area contributed by atoms with E-state index in [1.54, 1.807) is 12.1 Å². The van der Waals surface area contributed by atoms with E-state index in [2.05, 4.69) is 14.9 Å². The van der Waals surface area contributed by atoms with Crippen molar-refractivity contribution in [1.82, 2.24) is 14.9 Å². The lowest BCUT2D eigenvalue weighted by molar-refractivity contribution is 0.00166. The van der Waals surface area contributed by atoms with Crippen LogP contribution < -0.4 is 10.0 Å². The average molecular weight is 424 g/mol. The smallest absolute Gasteiger partial charge is 0.251 e. The van der Waals surface area contributed by atoms with Crippen LogP contribution in [0.1, 0.15) is 29.6 Å². The number of amides is 1. The second-order valence-corrected chi connectivity index (χ2v) is 9.68. The summed E-state index contributed by atoms with van der Waals surface area (Å²) in [4.78, 5) is 15.2. The van der Waals surface area contributed by atoms with Gasteiger partial charge in [-0.25, -0.2) is 13.1 Å². The highest BCUT2D eigenvalue weighted by Gasteiger charge is 2.32. The molecule has 1 amide bonds. The molecule has 1 aromatic rings. The molecule has 2 unspecified atom stereocenters. The number of nitrogens with zero attached hydrogens (tertiary/aromatic N) is 1. The molecule has 8 nitrogen and oxygen atoms in total. The third-order valence-corrected chi connectivity index (χ3v) is 7.36. The Morgan fingerprint density at radius 2 is 1.79 bits per heavy atom. The van der Waals surface area contributed by atoms with Gasteiger partial charge in [0.25, 0.3) is 5.91 Å². The summed E-state index contributed by atoms with van der Waals surface area (Å²) in [6.07, 6.45) is 2.77. The third kappa shape index (κ3) is 5.35. The fourth-order valence-corrected chi connectivity index (χ4v) is 5.24. The van der Waals surface area contributed by atoms with Gasteiger partial charge in [0, 0.05) is 49.8 Å². The van der Waals surface area contributed by atoms with Gasteiger partial charge >= 0.3 is 0 Å². The average Bonchev–Trinajstić information content (AvgIpc) is 3.37. The molecule has 0 bridgehead atoms. The van der Waals surface area contributed by atoms with E-state index in [0.29, 0.717) is 31.2 Å². The molecule has 3 aliphatic rings. The first-order chi connectivity index (χ1) is 14.0. The Morgan fingerprint density at radius 1 is 1.07 bits per heavy atom. The maximum atomic E-state index is 12.6. The van der Waals surface area contributed by atoms with Crippen LogP contribution in [0, 0.1) is 5.92 Å². The zero-order chi connectivity index (χ0) is 20.3. The van der Waals surface area contributed by atoms with Crippen molar-refractivity contribution in [3.8, 4) is 0 Å². The number of ether oxygens (including phenoxy) is 2. The maximum Gasteiger partial charge on any atom is 0.251 e. The molecule has 1 aliphatic carbocycles. The Labute approximate surface area is 172 Å². The molecule has 2 N–H and O–H groups in total. The normalized spacial score (nSPS) is 24.3. The zero-order valence-electron chi connectivity index (χ0n) is 16.5. The van der Waals surface area contributed by atoms with Crippen LogP contribution >= 0.6 is 0 Å². The van der Waals surface area contributed by atoms with Gasteiger partial charge in [0.05, 0.1) is 24.7 Å².